The molecule has 0 nitrogen and oxygen atoms in total. The summed E-state index contributed by atoms with van der Waals surface area (Å²) in [5.74, 6) is 0. The molecule has 2 rings (SSSR count). The van der Waals surface area contributed by atoms with Crippen molar-refractivity contribution in [3.8, 4) is 0 Å². The molecule has 1 radical (unpaired) electrons. The van der Waals surface area contributed by atoms with Crippen LogP contribution < -0.4 is 0 Å². The monoisotopic (exact) mass is 281 g/mol. The molecule has 0 aromatic heterocycles. The van der Waals surface area contributed by atoms with E-state index < -0.39 is 0 Å². The van der Waals surface area contributed by atoms with Crippen LogP contribution in [0.1, 0.15) is 103 Å². The molecule has 0 amide bonds. The third-order valence-corrected chi connectivity index (χ3v) is 6.95. The van der Waals surface area contributed by atoms with Crippen LogP contribution in [0.25, 0.3) is 0 Å². The molecule has 111 valence electrons. The van der Waals surface area contributed by atoms with Gasteiger partial charge in [0.1, 0.15) is 0 Å². The Morgan fingerprint density at radius 2 is 0.632 bits per heavy atom. The highest BCUT2D eigenvalue weighted by Gasteiger charge is 2.18. The van der Waals surface area contributed by atoms with Crippen molar-refractivity contribution in [3.05, 3.63) is 0 Å². The Hall–Kier alpha value is 0.430. The molecule has 0 saturated heterocycles. The van der Waals surface area contributed by atoms with Crippen molar-refractivity contribution in [3.63, 3.8) is 0 Å². The summed E-state index contributed by atoms with van der Waals surface area (Å²) in [4.78, 5) is 0. The minimum atomic E-state index is 1.06. The second kappa shape index (κ2) is 10.2. The van der Waals surface area contributed by atoms with Crippen molar-refractivity contribution < 1.29 is 0 Å². The SMILES string of the molecule is C1CCCCC([P]C2CCCCCCC2)CCCC1. The molecule has 0 unspecified atom stereocenters. The second-order valence-corrected chi connectivity index (χ2v) is 8.61. The lowest BCUT2D eigenvalue weighted by Gasteiger charge is -2.25. The van der Waals surface area contributed by atoms with E-state index in [1.807, 2.05) is 8.58 Å². The van der Waals surface area contributed by atoms with Crippen LogP contribution in [0.2, 0.25) is 0 Å². The average molecular weight is 281 g/mol. The highest BCUT2D eigenvalue weighted by Crippen LogP contribution is 2.39. The van der Waals surface area contributed by atoms with E-state index >= 15 is 0 Å². The topological polar surface area (TPSA) is 0 Å². The second-order valence-electron chi connectivity index (χ2n) is 6.85. The van der Waals surface area contributed by atoms with E-state index in [0.717, 1.165) is 11.3 Å². The van der Waals surface area contributed by atoms with E-state index in [1.165, 1.54) is 103 Å². The molecule has 19 heavy (non-hydrogen) atoms. The maximum Gasteiger partial charge on any atom is -0.0168 e. The van der Waals surface area contributed by atoms with E-state index in [4.69, 9.17) is 0 Å². The summed E-state index contributed by atoms with van der Waals surface area (Å²) < 4.78 is 0. The van der Waals surface area contributed by atoms with Crippen LogP contribution in [0.4, 0.5) is 0 Å². The molecular weight excluding hydrogens is 247 g/mol. The van der Waals surface area contributed by atoms with E-state index in [0.29, 0.717) is 0 Å². The highest BCUT2D eigenvalue weighted by molar-refractivity contribution is 7.39. The Morgan fingerprint density at radius 1 is 0.368 bits per heavy atom. The van der Waals surface area contributed by atoms with Crippen molar-refractivity contribution in [1.82, 2.24) is 0 Å². The fourth-order valence-corrected chi connectivity index (χ4v) is 5.74. The van der Waals surface area contributed by atoms with Gasteiger partial charge < -0.3 is 0 Å². The fraction of sp³-hybridized carbons (Fsp3) is 1.00. The first-order valence-electron chi connectivity index (χ1n) is 9.15. The molecule has 0 aliphatic heterocycles. The third-order valence-electron chi connectivity index (χ3n) is 5.07. The maximum atomic E-state index is 1.86. The van der Waals surface area contributed by atoms with Crippen LogP contribution in [-0.2, 0) is 0 Å². The molecule has 0 aromatic carbocycles. The van der Waals surface area contributed by atoms with Gasteiger partial charge in [-0.25, -0.2) is 0 Å². The fourth-order valence-electron chi connectivity index (χ4n) is 3.82. The summed E-state index contributed by atoms with van der Waals surface area (Å²) in [7, 11) is 1.86. The smallest absolute Gasteiger partial charge is 0.0168 e. The highest BCUT2D eigenvalue weighted by atomic mass is 31.1. The Kier molecular flexibility index (Phi) is 8.49. The van der Waals surface area contributed by atoms with Crippen LogP contribution in [0.3, 0.4) is 0 Å². The van der Waals surface area contributed by atoms with E-state index in [9.17, 15) is 0 Å². The number of hydrogen-bond donors (Lipinski definition) is 0. The Balaban J connectivity index is 1.73. The van der Waals surface area contributed by atoms with E-state index in [2.05, 4.69) is 0 Å². The normalized spacial score (nSPS) is 27.2. The third kappa shape index (κ3) is 7.12. The van der Waals surface area contributed by atoms with Gasteiger partial charge in [0.2, 0.25) is 0 Å². The minimum Gasteiger partial charge on any atom is -0.0741 e. The van der Waals surface area contributed by atoms with Crippen LogP contribution in [0, 0.1) is 0 Å². The Morgan fingerprint density at radius 3 is 0.947 bits per heavy atom. The summed E-state index contributed by atoms with van der Waals surface area (Å²) in [6.45, 7) is 0. The lowest BCUT2D eigenvalue weighted by Crippen LogP contribution is -2.11. The van der Waals surface area contributed by atoms with Gasteiger partial charge in [-0.1, -0.05) is 85.6 Å². The summed E-state index contributed by atoms with van der Waals surface area (Å²) in [5.41, 5.74) is 2.12. The molecular formula is C18H34P. The number of hydrogen-bond acceptors (Lipinski definition) is 0. The van der Waals surface area contributed by atoms with Gasteiger partial charge in [0.25, 0.3) is 0 Å². The van der Waals surface area contributed by atoms with Gasteiger partial charge in [-0.3, -0.25) is 0 Å². The minimum absolute atomic E-state index is 1.06. The van der Waals surface area contributed by atoms with E-state index in [-0.39, 0.29) is 0 Å². The van der Waals surface area contributed by atoms with Gasteiger partial charge in [0.05, 0.1) is 0 Å². The zero-order valence-electron chi connectivity index (χ0n) is 12.9. The first-order valence-corrected chi connectivity index (χ1v) is 10.2. The van der Waals surface area contributed by atoms with Crippen molar-refractivity contribution >= 4 is 8.58 Å². The molecule has 0 spiro atoms. The van der Waals surface area contributed by atoms with Crippen LogP contribution >= 0.6 is 8.58 Å². The standard InChI is InChI=1S/C18H34P/c1-2-5-9-13-17(14-10-6-3-1)19-18-15-11-7-4-8-12-16-18/h17-18H,1-16H2. The summed E-state index contributed by atoms with van der Waals surface area (Å²) in [5, 5.41) is 0. The van der Waals surface area contributed by atoms with E-state index in [1.54, 1.807) is 0 Å². The predicted octanol–water partition coefficient (Wildman–Crippen LogP) is 6.94. The maximum absolute atomic E-state index is 1.86. The van der Waals surface area contributed by atoms with Crippen molar-refractivity contribution in [2.45, 2.75) is 114 Å². The molecule has 0 aromatic rings. The molecule has 2 aliphatic carbocycles. The molecule has 1 heteroatoms. The quantitative estimate of drug-likeness (QED) is 0.481. The first-order chi connectivity index (χ1) is 9.45. The molecule has 0 bridgehead atoms. The van der Waals surface area contributed by atoms with Crippen molar-refractivity contribution in [2.24, 2.45) is 0 Å². The lowest BCUT2D eigenvalue weighted by atomic mass is 10.0. The summed E-state index contributed by atoms with van der Waals surface area (Å²) in [6, 6.07) is 0. The zero-order chi connectivity index (χ0) is 13.2. The van der Waals surface area contributed by atoms with Crippen molar-refractivity contribution in [2.75, 3.05) is 0 Å². The van der Waals surface area contributed by atoms with Gasteiger partial charge in [0, 0.05) is 0 Å². The summed E-state index contributed by atoms with van der Waals surface area (Å²) in [6.07, 6.45) is 24.3. The first kappa shape index (κ1) is 15.8. The molecule has 2 saturated carbocycles. The van der Waals surface area contributed by atoms with Gasteiger partial charge in [-0.05, 0) is 37.0 Å². The molecule has 2 fully saturated rings. The van der Waals surface area contributed by atoms with Gasteiger partial charge in [-0.2, -0.15) is 0 Å². The van der Waals surface area contributed by atoms with Gasteiger partial charge >= 0.3 is 0 Å². The summed E-state index contributed by atoms with van der Waals surface area (Å²) >= 11 is 0. The van der Waals surface area contributed by atoms with Gasteiger partial charge in [-0.15, -0.1) is 0 Å². The van der Waals surface area contributed by atoms with Crippen LogP contribution in [-0.4, -0.2) is 11.3 Å². The predicted molar refractivity (Wildman–Crippen MR) is 88.4 cm³/mol. The van der Waals surface area contributed by atoms with Crippen LogP contribution in [0.5, 0.6) is 0 Å². The average Bonchev–Trinajstić information content (AvgIpc) is 2.40. The Labute approximate surface area is 123 Å². The molecule has 2 aliphatic rings. The largest absolute Gasteiger partial charge is 0.0741 e. The van der Waals surface area contributed by atoms with Gasteiger partial charge in [0.15, 0.2) is 0 Å². The zero-order valence-corrected chi connectivity index (χ0v) is 13.8. The molecule has 0 N–H and O–H groups in total. The molecule has 0 heterocycles. The lowest BCUT2D eigenvalue weighted by molar-refractivity contribution is 0.494. The van der Waals surface area contributed by atoms with Crippen LogP contribution in [0.15, 0.2) is 0 Å². The number of rotatable bonds is 2. The molecule has 0 atom stereocenters. The van der Waals surface area contributed by atoms with Crippen molar-refractivity contribution in [1.29, 1.82) is 0 Å². The Bertz CT molecular complexity index is 196.